The molecule has 1 aromatic heterocycles. The number of carbonyl (C=O) groups is 3. The van der Waals surface area contributed by atoms with E-state index in [1.165, 1.54) is 0 Å². The number of urea groups is 1. The Morgan fingerprint density at radius 2 is 1.79 bits per heavy atom. The number of aromatic nitrogens is 1. The number of imide groups is 1. The van der Waals surface area contributed by atoms with Gasteiger partial charge in [0.1, 0.15) is 6.04 Å². The number of hydrogen-bond acceptors (Lipinski definition) is 5. The molecule has 1 atom stereocenters. The number of hydrogen-bond donors (Lipinski definition) is 1. The molecule has 0 bridgehead atoms. The molecule has 0 radical (unpaired) electrons. The van der Waals surface area contributed by atoms with Gasteiger partial charge in [-0.1, -0.05) is 30.3 Å². The van der Waals surface area contributed by atoms with Crippen LogP contribution >= 0.6 is 0 Å². The highest BCUT2D eigenvalue weighted by atomic mass is 16.7. The van der Waals surface area contributed by atoms with Gasteiger partial charge in [-0.15, -0.1) is 0 Å². The van der Waals surface area contributed by atoms with E-state index >= 15 is 0 Å². The predicted molar refractivity (Wildman–Crippen MR) is 124 cm³/mol. The molecule has 2 aromatic carbocycles. The minimum absolute atomic E-state index is 0.185. The fourth-order valence-corrected chi connectivity index (χ4v) is 4.57. The van der Waals surface area contributed by atoms with Gasteiger partial charge in [0.15, 0.2) is 17.3 Å². The minimum atomic E-state index is -0.624. The number of amides is 3. The summed E-state index contributed by atoms with van der Waals surface area (Å²) in [6, 6.07) is 16.0. The third-order valence-electron chi connectivity index (χ3n) is 6.32. The number of fused-ring (bicyclic) bond motifs is 1. The molecule has 3 aromatic rings. The smallest absolute Gasteiger partial charge is 0.325 e. The second-order valence-corrected chi connectivity index (χ2v) is 8.53. The van der Waals surface area contributed by atoms with Crippen molar-refractivity contribution in [2.24, 2.45) is 0 Å². The Morgan fingerprint density at radius 1 is 1.03 bits per heavy atom. The molecule has 0 spiro atoms. The Bertz CT molecular complexity index is 1280. The van der Waals surface area contributed by atoms with E-state index in [0.717, 1.165) is 27.5 Å². The van der Waals surface area contributed by atoms with Crippen molar-refractivity contribution >= 4 is 17.7 Å². The fraction of sp³-hybridized carbons (Fsp3) is 0.269. The number of Topliss-reactive ketones (excluding diaryl/α,β-unsaturated/α-hetero) is 1. The third-order valence-corrected chi connectivity index (χ3v) is 6.32. The first-order chi connectivity index (χ1) is 16.4. The van der Waals surface area contributed by atoms with E-state index in [9.17, 15) is 14.4 Å². The molecular formula is C26H25N3O5. The zero-order chi connectivity index (χ0) is 23.8. The maximum atomic E-state index is 13.2. The summed E-state index contributed by atoms with van der Waals surface area (Å²) in [4.78, 5) is 39.5. The largest absolute Gasteiger partial charge is 0.454 e. The second-order valence-electron chi connectivity index (χ2n) is 8.53. The SMILES string of the molecule is Cc1cc(C(=O)CN2C(=O)N[C@H](CCc3ccccc3)C2=O)c(C)n1-c1ccc2c(c1)OCO2. The first-order valence-corrected chi connectivity index (χ1v) is 11.2. The van der Waals surface area contributed by atoms with Gasteiger partial charge in [-0.05, 0) is 50.5 Å². The zero-order valence-electron chi connectivity index (χ0n) is 19.0. The average Bonchev–Trinajstić information content (AvgIpc) is 3.50. The number of carbonyl (C=O) groups excluding carboxylic acids is 3. The Kier molecular flexibility index (Phi) is 5.57. The van der Waals surface area contributed by atoms with Crippen molar-refractivity contribution in [2.75, 3.05) is 13.3 Å². The van der Waals surface area contributed by atoms with Crippen LogP contribution in [-0.4, -0.2) is 46.6 Å². The maximum Gasteiger partial charge on any atom is 0.325 e. The topological polar surface area (TPSA) is 89.9 Å². The Hall–Kier alpha value is -4.07. The van der Waals surface area contributed by atoms with Gasteiger partial charge in [0.05, 0.1) is 6.54 Å². The summed E-state index contributed by atoms with van der Waals surface area (Å²) in [5.41, 5.74) is 4.00. The third kappa shape index (κ3) is 3.91. The number of ether oxygens (including phenoxy) is 2. The highest BCUT2D eigenvalue weighted by Crippen LogP contribution is 2.35. The number of rotatable bonds is 7. The first-order valence-electron chi connectivity index (χ1n) is 11.2. The monoisotopic (exact) mass is 459 g/mol. The van der Waals surface area contributed by atoms with E-state index in [0.29, 0.717) is 29.9 Å². The molecule has 0 aliphatic carbocycles. The molecule has 0 saturated carbocycles. The molecule has 3 heterocycles. The number of benzene rings is 2. The van der Waals surface area contributed by atoms with Gasteiger partial charge in [0.25, 0.3) is 5.91 Å². The van der Waals surface area contributed by atoms with Crippen LogP contribution in [0.2, 0.25) is 0 Å². The molecular weight excluding hydrogens is 434 g/mol. The van der Waals surface area contributed by atoms with Gasteiger partial charge in [0.2, 0.25) is 6.79 Å². The molecule has 2 aliphatic heterocycles. The van der Waals surface area contributed by atoms with Gasteiger partial charge in [-0.25, -0.2) is 4.79 Å². The number of nitrogens with one attached hydrogen (secondary N) is 1. The lowest BCUT2D eigenvalue weighted by atomic mass is 10.1. The van der Waals surface area contributed by atoms with E-state index in [1.807, 2.05) is 66.9 Å². The van der Waals surface area contributed by atoms with Gasteiger partial charge in [-0.2, -0.15) is 0 Å². The zero-order valence-corrected chi connectivity index (χ0v) is 19.0. The second kappa shape index (κ2) is 8.70. The van der Waals surface area contributed by atoms with Crippen molar-refractivity contribution in [3.8, 4) is 17.2 Å². The average molecular weight is 460 g/mol. The maximum absolute atomic E-state index is 13.2. The summed E-state index contributed by atoms with van der Waals surface area (Å²) < 4.78 is 12.8. The summed E-state index contributed by atoms with van der Waals surface area (Å²) in [5.74, 6) is 0.688. The van der Waals surface area contributed by atoms with Crippen LogP contribution in [0.5, 0.6) is 11.5 Å². The standard InChI is InChI=1S/C26H25N3O5/c1-16-12-20(17(2)29(16)19-9-11-23-24(13-19)34-15-33-23)22(30)14-28-25(31)21(27-26(28)32)10-8-18-6-4-3-5-7-18/h3-7,9,11-13,21H,8,10,14-15H2,1-2H3,(H,27,32)/t21-/m1/s1. The van der Waals surface area contributed by atoms with Crippen LogP contribution in [-0.2, 0) is 11.2 Å². The van der Waals surface area contributed by atoms with Gasteiger partial charge in [-0.3, -0.25) is 14.5 Å². The molecule has 174 valence electrons. The van der Waals surface area contributed by atoms with Crippen molar-refractivity contribution < 1.29 is 23.9 Å². The molecule has 8 nitrogen and oxygen atoms in total. The lowest BCUT2D eigenvalue weighted by Crippen LogP contribution is -2.36. The lowest BCUT2D eigenvalue weighted by molar-refractivity contribution is -0.127. The van der Waals surface area contributed by atoms with Crippen LogP contribution in [0, 0.1) is 13.8 Å². The molecule has 1 fully saturated rings. The van der Waals surface area contributed by atoms with Crippen molar-refractivity contribution in [3.05, 3.63) is 77.1 Å². The first kappa shape index (κ1) is 21.8. The molecule has 1 N–H and O–H groups in total. The highest BCUT2D eigenvalue weighted by molar-refractivity contribution is 6.09. The van der Waals surface area contributed by atoms with Crippen LogP contribution in [0.25, 0.3) is 5.69 Å². The summed E-state index contributed by atoms with van der Waals surface area (Å²) in [6.07, 6.45) is 1.15. The van der Waals surface area contributed by atoms with Crippen LogP contribution in [0.15, 0.2) is 54.6 Å². The van der Waals surface area contributed by atoms with E-state index in [2.05, 4.69) is 5.32 Å². The molecule has 0 unspecified atom stereocenters. The highest BCUT2D eigenvalue weighted by Gasteiger charge is 2.39. The minimum Gasteiger partial charge on any atom is -0.454 e. The van der Waals surface area contributed by atoms with Gasteiger partial charge < -0.3 is 19.4 Å². The summed E-state index contributed by atoms with van der Waals surface area (Å²) in [6.45, 7) is 3.64. The molecule has 34 heavy (non-hydrogen) atoms. The van der Waals surface area contributed by atoms with E-state index in [1.54, 1.807) is 6.07 Å². The van der Waals surface area contributed by atoms with E-state index in [-0.39, 0.29) is 25.0 Å². The number of nitrogens with zero attached hydrogens (tertiary/aromatic N) is 2. The van der Waals surface area contributed by atoms with Crippen molar-refractivity contribution in [2.45, 2.75) is 32.7 Å². The van der Waals surface area contributed by atoms with E-state index < -0.39 is 12.1 Å². The lowest BCUT2D eigenvalue weighted by Gasteiger charge is -2.13. The van der Waals surface area contributed by atoms with Crippen LogP contribution in [0.1, 0.15) is 33.7 Å². The van der Waals surface area contributed by atoms with Gasteiger partial charge >= 0.3 is 6.03 Å². The number of ketones is 1. The Balaban J connectivity index is 1.30. The predicted octanol–water partition coefficient (Wildman–Crippen LogP) is 3.56. The molecule has 2 aliphatic rings. The summed E-state index contributed by atoms with van der Waals surface area (Å²) in [7, 11) is 0. The van der Waals surface area contributed by atoms with Crippen molar-refractivity contribution in [1.82, 2.24) is 14.8 Å². The summed E-state index contributed by atoms with van der Waals surface area (Å²) >= 11 is 0. The summed E-state index contributed by atoms with van der Waals surface area (Å²) in [5, 5.41) is 2.72. The van der Waals surface area contributed by atoms with Crippen LogP contribution in [0.3, 0.4) is 0 Å². The molecule has 1 saturated heterocycles. The molecule has 8 heteroatoms. The fourth-order valence-electron chi connectivity index (χ4n) is 4.57. The number of aryl methyl sites for hydroxylation is 2. The van der Waals surface area contributed by atoms with E-state index in [4.69, 9.17) is 9.47 Å². The Morgan fingerprint density at radius 3 is 2.59 bits per heavy atom. The molecule has 3 amide bonds. The van der Waals surface area contributed by atoms with Crippen LogP contribution < -0.4 is 14.8 Å². The quantitative estimate of drug-likeness (QED) is 0.431. The van der Waals surface area contributed by atoms with Crippen molar-refractivity contribution in [3.63, 3.8) is 0 Å². The normalized spacial score (nSPS) is 16.8. The Labute approximate surface area is 197 Å². The van der Waals surface area contributed by atoms with Crippen LogP contribution in [0.4, 0.5) is 4.79 Å². The molecule has 5 rings (SSSR count). The van der Waals surface area contributed by atoms with Gasteiger partial charge in [0, 0.05) is 28.7 Å². The van der Waals surface area contributed by atoms with Crippen molar-refractivity contribution in [1.29, 1.82) is 0 Å².